The third-order valence-corrected chi connectivity index (χ3v) is 4.29. The van der Waals surface area contributed by atoms with Gasteiger partial charge in [0.2, 0.25) is 0 Å². The molecule has 7 heteroatoms. The molecule has 28 heavy (non-hydrogen) atoms. The number of benzene rings is 1. The van der Waals surface area contributed by atoms with Gasteiger partial charge in [0.15, 0.2) is 5.97 Å². The molecule has 5 N–H and O–H groups in total. The van der Waals surface area contributed by atoms with Crippen LogP contribution >= 0.6 is 0 Å². The summed E-state index contributed by atoms with van der Waals surface area (Å²) in [5, 5.41) is 38.7. The van der Waals surface area contributed by atoms with Gasteiger partial charge in [0.25, 0.3) is 0 Å². The molecule has 0 aromatic heterocycles. The van der Waals surface area contributed by atoms with Gasteiger partial charge in [-0.2, -0.15) is 0 Å². The van der Waals surface area contributed by atoms with Crippen LogP contribution in [0.25, 0.3) is 0 Å². The number of allylic oxidation sites excluding steroid dienone is 1. The summed E-state index contributed by atoms with van der Waals surface area (Å²) >= 11 is 0. The third kappa shape index (κ3) is 13.0. The fourth-order valence-corrected chi connectivity index (χ4v) is 2.59. The van der Waals surface area contributed by atoms with Crippen LogP contribution in [0.5, 0.6) is 0 Å². The van der Waals surface area contributed by atoms with Crippen LogP contribution in [0.3, 0.4) is 0 Å². The number of aliphatic carboxylic acids is 2. The largest absolute Gasteiger partial charge is 0.539 e. The lowest BCUT2D eigenvalue weighted by Crippen LogP contribution is -2.92. The summed E-state index contributed by atoms with van der Waals surface area (Å²) in [4.78, 5) is 18.0. The first-order valence-electron chi connectivity index (χ1n) is 9.59. The number of aliphatic hydroxyl groups excluding tert-OH is 2. The summed E-state index contributed by atoms with van der Waals surface area (Å²) in [6.07, 6.45) is 7.77. The van der Waals surface area contributed by atoms with Crippen molar-refractivity contribution < 1.29 is 35.3 Å². The highest BCUT2D eigenvalue weighted by molar-refractivity contribution is 6.26. The number of rotatable bonds is 12. The third-order valence-electron chi connectivity index (χ3n) is 4.29. The van der Waals surface area contributed by atoms with Gasteiger partial charge in [-0.25, -0.2) is 4.79 Å². The maximum atomic E-state index is 10.3. The van der Waals surface area contributed by atoms with E-state index < -0.39 is 18.0 Å². The van der Waals surface area contributed by atoms with Gasteiger partial charge in [-0.05, 0) is 31.7 Å². The summed E-state index contributed by atoms with van der Waals surface area (Å²) in [6, 6.07) is 9.75. The van der Waals surface area contributed by atoms with Crippen molar-refractivity contribution in [2.24, 2.45) is 0 Å². The van der Waals surface area contributed by atoms with Crippen LogP contribution in [0.15, 0.2) is 43.0 Å². The second-order valence-electron chi connectivity index (χ2n) is 6.71. The van der Waals surface area contributed by atoms with Crippen LogP contribution in [-0.2, 0) is 9.59 Å². The first-order chi connectivity index (χ1) is 13.3. The first kappa shape index (κ1) is 25.8. The van der Waals surface area contributed by atoms with E-state index in [1.807, 2.05) is 48.6 Å². The molecular formula is C21H33NO6. The van der Waals surface area contributed by atoms with Gasteiger partial charge in [0, 0.05) is 0 Å². The van der Waals surface area contributed by atoms with Crippen molar-refractivity contribution in [3.63, 3.8) is 0 Å². The van der Waals surface area contributed by atoms with Crippen molar-refractivity contribution in [3.8, 4) is 0 Å². The summed E-state index contributed by atoms with van der Waals surface area (Å²) in [7, 11) is 0. The predicted molar refractivity (Wildman–Crippen MR) is 104 cm³/mol. The summed E-state index contributed by atoms with van der Waals surface area (Å²) in [5.74, 6) is -4.01. The summed E-state index contributed by atoms with van der Waals surface area (Å²) in [5.41, 5.74) is 0.933. The Morgan fingerprint density at radius 2 is 1.71 bits per heavy atom. The molecule has 1 rings (SSSR count). The zero-order valence-corrected chi connectivity index (χ0v) is 16.5. The van der Waals surface area contributed by atoms with E-state index in [2.05, 4.69) is 6.58 Å². The number of nitrogens with two attached hydrogens (primary N) is 1. The number of hydrogen-bond donors (Lipinski definition) is 4. The number of carboxylic acid groups (broad SMARTS) is 2. The Bertz CT molecular complexity index is 551. The molecule has 0 saturated heterocycles. The Kier molecular flexibility index (Phi) is 14.5. The molecule has 7 nitrogen and oxygen atoms in total. The lowest BCUT2D eigenvalue weighted by molar-refractivity contribution is -0.699. The highest BCUT2D eigenvalue weighted by atomic mass is 16.4. The van der Waals surface area contributed by atoms with Gasteiger partial charge in [0.1, 0.15) is 24.8 Å². The fourth-order valence-electron chi connectivity index (χ4n) is 2.59. The van der Waals surface area contributed by atoms with E-state index in [-0.39, 0.29) is 12.1 Å². The molecule has 3 atom stereocenters. The monoisotopic (exact) mass is 395 g/mol. The van der Waals surface area contributed by atoms with E-state index in [0.29, 0.717) is 6.54 Å². The van der Waals surface area contributed by atoms with Crippen LogP contribution in [0.4, 0.5) is 0 Å². The molecule has 1 aromatic rings. The second kappa shape index (κ2) is 15.8. The number of quaternary nitrogens is 1. The van der Waals surface area contributed by atoms with E-state index in [9.17, 15) is 10.2 Å². The number of carbonyl (C=O) groups excluding carboxylic acids is 1. The van der Waals surface area contributed by atoms with E-state index in [0.717, 1.165) is 24.8 Å². The molecule has 0 aliphatic rings. The SMILES string of the molecule is C=CCCCCCCC(O)C[NH2+]C(C)C(O)c1ccccc1.O=C([O-])C(=O)O. The topological polar surface area (TPSA) is 134 Å². The highest BCUT2D eigenvalue weighted by Crippen LogP contribution is 2.13. The Morgan fingerprint density at radius 1 is 1.14 bits per heavy atom. The molecule has 1 aromatic carbocycles. The average molecular weight is 395 g/mol. The van der Waals surface area contributed by atoms with Crippen LogP contribution in [0.2, 0.25) is 0 Å². The van der Waals surface area contributed by atoms with Crippen LogP contribution in [0, 0.1) is 0 Å². The average Bonchev–Trinajstić information content (AvgIpc) is 2.69. The molecule has 0 aliphatic carbocycles. The molecule has 0 spiro atoms. The lowest BCUT2D eigenvalue weighted by atomic mass is 10.0. The number of carbonyl (C=O) groups is 2. The van der Waals surface area contributed by atoms with Gasteiger partial charge in [-0.3, -0.25) is 0 Å². The van der Waals surface area contributed by atoms with Gasteiger partial charge < -0.3 is 30.5 Å². The number of unbranched alkanes of at least 4 members (excludes halogenated alkanes) is 4. The molecule has 0 amide bonds. The molecule has 3 unspecified atom stereocenters. The Hall–Kier alpha value is -2.22. The fraction of sp³-hybridized carbons (Fsp3) is 0.524. The number of carboxylic acids is 2. The van der Waals surface area contributed by atoms with E-state index in [1.165, 1.54) is 19.3 Å². The Morgan fingerprint density at radius 3 is 2.25 bits per heavy atom. The highest BCUT2D eigenvalue weighted by Gasteiger charge is 2.20. The van der Waals surface area contributed by atoms with E-state index in [4.69, 9.17) is 19.8 Å². The van der Waals surface area contributed by atoms with Gasteiger partial charge in [0.05, 0.1) is 0 Å². The van der Waals surface area contributed by atoms with Crippen molar-refractivity contribution in [1.82, 2.24) is 0 Å². The summed E-state index contributed by atoms with van der Waals surface area (Å²) < 4.78 is 0. The molecule has 0 heterocycles. The lowest BCUT2D eigenvalue weighted by Gasteiger charge is -2.19. The van der Waals surface area contributed by atoms with Gasteiger partial charge in [-0.1, -0.05) is 55.7 Å². The quantitative estimate of drug-likeness (QED) is 0.230. The van der Waals surface area contributed by atoms with Gasteiger partial charge >= 0.3 is 5.97 Å². The van der Waals surface area contributed by atoms with Crippen molar-refractivity contribution in [2.45, 2.75) is 63.7 Å². The van der Waals surface area contributed by atoms with Crippen molar-refractivity contribution >= 4 is 11.9 Å². The molecule has 0 saturated carbocycles. The Balaban J connectivity index is 0.00000105. The summed E-state index contributed by atoms with van der Waals surface area (Å²) in [6.45, 7) is 6.37. The van der Waals surface area contributed by atoms with E-state index in [1.54, 1.807) is 0 Å². The maximum Gasteiger partial charge on any atom is 0.351 e. The van der Waals surface area contributed by atoms with Crippen molar-refractivity contribution in [2.75, 3.05) is 6.54 Å². The van der Waals surface area contributed by atoms with Gasteiger partial charge in [-0.15, -0.1) is 6.58 Å². The standard InChI is InChI=1S/C19H31NO2.C2H2O4/c1-3-4-5-6-7-11-14-18(21)15-20-16(2)19(22)17-12-9-8-10-13-17;3-1(4)2(5)6/h3,8-10,12-13,16,18-22H,1,4-7,11,14-15H2,2H3;(H,3,4)(H,5,6). The second-order valence-corrected chi connectivity index (χ2v) is 6.71. The van der Waals surface area contributed by atoms with E-state index >= 15 is 0 Å². The first-order valence-corrected chi connectivity index (χ1v) is 9.59. The molecule has 0 radical (unpaired) electrons. The predicted octanol–water partition coefficient (Wildman–Crippen LogP) is 0.380. The molecule has 0 fully saturated rings. The Labute approximate surface area is 166 Å². The van der Waals surface area contributed by atoms with Crippen LogP contribution in [-0.4, -0.2) is 45.9 Å². The number of hydrogen-bond acceptors (Lipinski definition) is 5. The normalized spacial score (nSPS) is 13.5. The van der Waals surface area contributed by atoms with Crippen molar-refractivity contribution in [1.29, 1.82) is 0 Å². The molecule has 0 bridgehead atoms. The molecular weight excluding hydrogens is 362 g/mol. The maximum absolute atomic E-state index is 10.3. The molecule has 0 aliphatic heterocycles. The van der Waals surface area contributed by atoms with Crippen molar-refractivity contribution in [3.05, 3.63) is 48.6 Å². The smallest absolute Gasteiger partial charge is 0.351 e. The minimum atomic E-state index is -2.07. The number of aliphatic hydroxyl groups is 2. The van der Waals surface area contributed by atoms with Crippen LogP contribution < -0.4 is 10.4 Å². The zero-order chi connectivity index (χ0) is 21.4. The zero-order valence-electron chi connectivity index (χ0n) is 16.5. The molecule has 158 valence electrons. The minimum absolute atomic E-state index is 0.0460. The van der Waals surface area contributed by atoms with Crippen LogP contribution in [0.1, 0.15) is 57.1 Å². The minimum Gasteiger partial charge on any atom is -0.539 e.